The van der Waals surface area contributed by atoms with E-state index in [9.17, 15) is 8.78 Å². The van der Waals surface area contributed by atoms with Gasteiger partial charge in [0.1, 0.15) is 5.69 Å². The van der Waals surface area contributed by atoms with Gasteiger partial charge in [-0.25, -0.2) is 13.5 Å². The molecule has 2 N–H and O–H groups in total. The Morgan fingerprint density at radius 2 is 1.71 bits per heavy atom. The highest BCUT2D eigenvalue weighted by atomic mass is 79.9. The number of rotatable bonds is 2. The van der Waals surface area contributed by atoms with Crippen molar-refractivity contribution in [2.45, 2.75) is 0 Å². The van der Waals surface area contributed by atoms with Crippen molar-refractivity contribution in [3.63, 3.8) is 0 Å². The standard InChI is InChI=1S/C15H10BrF2N3/c16-10-2-4-11(5-3-10)21-8-14(19)15(20-21)9-1-6-12(17)13(18)7-9/h1-8H,19H2. The fraction of sp³-hybridized carbons (Fsp3) is 0. The van der Waals surface area contributed by atoms with Gasteiger partial charge in [-0.1, -0.05) is 15.9 Å². The molecule has 0 spiro atoms. The number of hydrogen-bond acceptors (Lipinski definition) is 2. The molecule has 0 unspecified atom stereocenters. The Labute approximate surface area is 128 Å². The lowest BCUT2D eigenvalue weighted by molar-refractivity contribution is 0.509. The minimum atomic E-state index is -0.926. The maximum atomic E-state index is 13.3. The van der Waals surface area contributed by atoms with E-state index in [4.69, 9.17) is 5.73 Å². The van der Waals surface area contributed by atoms with Gasteiger partial charge in [0, 0.05) is 10.0 Å². The van der Waals surface area contributed by atoms with E-state index in [0.717, 1.165) is 22.3 Å². The number of nitrogen functional groups attached to an aromatic ring is 1. The van der Waals surface area contributed by atoms with Gasteiger partial charge in [0.05, 0.1) is 17.6 Å². The van der Waals surface area contributed by atoms with Crippen LogP contribution in [0.3, 0.4) is 0 Å². The highest BCUT2D eigenvalue weighted by Crippen LogP contribution is 2.27. The zero-order chi connectivity index (χ0) is 15.0. The monoisotopic (exact) mass is 349 g/mol. The molecule has 0 aliphatic carbocycles. The van der Waals surface area contributed by atoms with Gasteiger partial charge in [-0.3, -0.25) is 0 Å². The number of nitrogens with two attached hydrogens (primary N) is 1. The summed E-state index contributed by atoms with van der Waals surface area (Å²) in [6.45, 7) is 0. The number of benzene rings is 2. The molecule has 0 saturated carbocycles. The van der Waals surface area contributed by atoms with Crippen molar-refractivity contribution >= 4 is 21.6 Å². The van der Waals surface area contributed by atoms with Crippen LogP contribution in [0.1, 0.15) is 0 Å². The van der Waals surface area contributed by atoms with Crippen LogP contribution in [0.4, 0.5) is 14.5 Å². The zero-order valence-electron chi connectivity index (χ0n) is 10.7. The van der Waals surface area contributed by atoms with Crippen LogP contribution in [0.2, 0.25) is 0 Å². The largest absolute Gasteiger partial charge is 0.396 e. The zero-order valence-corrected chi connectivity index (χ0v) is 12.3. The molecular weight excluding hydrogens is 340 g/mol. The number of halogens is 3. The second-order valence-electron chi connectivity index (χ2n) is 4.48. The summed E-state index contributed by atoms with van der Waals surface area (Å²) in [6.07, 6.45) is 1.64. The fourth-order valence-electron chi connectivity index (χ4n) is 1.98. The number of nitrogens with zero attached hydrogens (tertiary/aromatic N) is 2. The molecule has 21 heavy (non-hydrogen) atoms. The molecule has 0 saturated heterocycles. The molecule has 0 amide bonds. The predicted molar refractivity (Wildman–Crippen MR) is 81.0 cm³/mol. The summed E-state index contributed by atoms with van der Waals surface area (Å²) in [5.41, 5.74) is 7.98. The second kappa shape index (κ2) is 5.29. The van der Waals surface area contributed by atoms with Gasteiger partial charge in [0.15, 0.2) is 11.6 Å². The van der Waals surface area contributed by atoms with Gasteiger partial charge >= 0.3 is 0 Å². The van der Waals surface area contributed by atoms with Gasteiger partial charge in [0.2, 0.25) is 0 Å². The van der Waals surface area contributed by atoms with E-state index in [0.29, 0.717) is 16.9 Å². The summed E-state index contributed by atoms with van der Waals surface area (Å²) < 4.78 is 28.8. The number of anilines is 1. The van der Waals surface area contributed by atoms with Crippen molar-refractivity contribution in [1.29, 1.82) is 0 Å². The molecule has 0 aliphatic heterocycles. The van der Waals surface area contributed by atoms with Gasteiger partial charge in [0.25, 0.3) is 0 Å². The van der Waals surface area contributed by atoms with Crippen LogP contribution in [0, 0.1) is 11.6 Å². The predicted octanol–water partition coefficient (Wildman–Crippen LogP) is 4.16. The van der Waals surface area contributed by atoms with Crippen molar-refractivity contribution in [3.8, 4) is 16.9 Å². The smallest absolute Gasteiger partial charge is 0.159 e. The summed E-state index contributed by atoms with van der Waals surface area (Å²) in [6, 6.07) is 11.1. The van der Waals surface area contributed by atoms with Crippen LogP contribution in [0.25, 0.3) is 16.9 Å². The molecular formula is C15H10BrF2N3. The van der Waals surface area contributed by atoms with Crippen LogP contribution < -0.4 is 5.73 Å². The third-order valence-corrected chi connectivity index (χ3v) is 3.56. The molecule has 0 bridgehead atoms. The molecule has 0 atom stereocenters. The molecule has 3 aromatic rings. The summed E-state index contributed by atoms with van der Waals surface area (Å²) in [5.74, 6) is -1.82. The van der Waals surface area contributed by atoms with Crippen molar-refractivity contribution in [2.75, 3.05) is 5.73 Å². The van der Waals surface area contributed by atoms with Crippen molar-refractivity contribution in [1.82, 2.24) is 9.78 Å². The lowest BCUT2D eigenvalue weighted by Gasteiger charge is -2.01. The van der Waals surface area contributed by atoms with E-state index in [1.807, 2.05) is 24.3 Å². The lowest BCUT2D eigenvalue weighted by Crippen LogP contribution is -1.94. The molecule has 6 heteroatoms. The maximum Gasteiger partial charge on any atom is 0.159 e. The van der Waals surface area contributed by atoms with E-state index in [-0.39, 0.29) is 0 Å². The first-order valence-corrected chi connectivity index (χ1v) is 6.90. The minimum absolute atomic E-state index is 0.393. The van der Waals surface area contributed by atoms with Crippen LogP contribution in [-0.2, 0) is 0 Å². The summed E-state index contributed by atoms with van der Waals surface area (Å²) in [4.78, 5) is 0. The van der Waals surface area contributed by atoms with Gasteiger partial charge < -0.3 is 5.73 Å². The third kappa shape index (κ3) is 2.67. The molecule has 106 valence electrons. The Balaban J connectivity index is 2.05. The van der Waals surface area contributed by atoms with E-state index < -0.39 is 11.6 Å². The number of hydrogen-bond donors (Lipinski definition) is 1. The first-order chi connectivity index (χ1) is 10.0. The normalized spacial score (nSPS) is 10.8. The van der Waals surface area contributed by atoms with Crippen molar-refractivity contribution in [2.24, 2.45) is 0 Å². The quantitative estimate of drug-likeness (QED) is 0.754. The molecule has 1 aromatic heterocycles. The lowest BCUT2D eigenvalue weighted by atomic mass is 10.1. The Bertz CT molecular complexity index is 797. The molecule has 0 fully saturated rings. The highest BCUT2D eigenvalue weighted by molar-refractivity contribution is 9.10. The van der Waals surface area contributed by atoms with Crippen LogP contribution in [-0.4, -0.2) is 9.78 Å². The van der Waals surface area contributed by atoms with Gasteiger partial charge in [-0.05, 0) is 42.5 Å². The average molecular weight is 350 g/mol. The summed E-state index contributed by atoms with van der Waals surface area (Å²) in [5, 5.41) is 4.34. The molecule has 3 rings (SSSR count). The van der Waals surface area contributed by atoms with Gasteiger partial charge in [-0.2, -0.15) is 5.10 Å². The molecule has 2 aromatic carbocycles. The Kier molecular flexibility index (Phi) is 3.47. The van der Waals surface area contributed by atoms with Crippen LogP contribution in [0.5, 0.6) is 0 Å². The molecule has 1 heterocycles. The van der Waals surface area contributed by atoms with Crippen LogP contribution in [0.15, 0.2) is 53.1 Å². The molecule has 0 aliphatic rings. The van der Waals surface area contributed by atoms with E-state index in [2.05, 4.69) is 21.0 Å². The first kappa shape index (κ1) is 13.8. The average Bonchev–Trinajstić information content (AvgIpc) is 2.85. The van der Waals surface area contributed by atoms with Gasteiger partial charge in [-0.15, -0.1) is 0 Å². The summed E-state index contributed by atoms with van der Waals surface area (Å²) in [7, 11) is 0. The Hall–Kier alpha value is -2.21. The van der Waals surface area contributed by atoms with Crippen LogP contribution >= 0.6 is 15.9 Å². The topological polar surface area (TPSA) is 43.8 Å². The fourth-order valence-corrected chi connectivity index (χ4v) is 2.25. The SMILES string of the molecule is Nc1cn(-c2ccc(Br)cc2)nc1-c1ccc(F)c(F)c1. The maximum absolute atomic E-state index is 13.3. The second-order valence-corrected chi connectivity index (χ2v) is 5.40. The Morgan fingerprint density at radius 3 is 2.38 bits per heavy atom. The Morgan fingerprint density at radius 1 is 1.00 bits per heavy atom. The third-order valence-electron chi connectivity index (χ3n) is 3.03. The van der Waals surface area contributed by atoms with Crippen molar-refractivity contribution < 1.29 is 8.78 Å². The number of aromatic nitrogens is 2. The van der Waals surface area contributed by atoms with Crippen molar-refractivity contribution in [3.05, 3.63) is 64.8 Å². The van der Waals surface area contributed by atoms with E-state index in [1.54, 1.807) is 10.9 Å². The first-order valence-electron chi connectivity index (χ1n) is 6.11. The van der Waals surface area contributed by atoms with E-state index >= 15 is 0 Å². The summed E-state index contributed by atoms with van der Waals surface area (Å²) >= 11 is 3.36. The highest BCUT2D eigenvalue weighted by Gasteiger charge is 2.12. The molecule has 0 radical (unpaired) electrons. The molecule has 3 nitrogen and oxygen atoms in total. The minimum Gasteiger partial charge on any atom is -0.396 e. The van der Waals surface area contributed by atoms with E-state index in [1.165, 1.54) is 6.07 Å².